The van der Waals surface area contributed by atoms with Gasteiger partial charge in [0.1, 0.15) is 17.3 Å². The summed E-state index contributed by atoms with van der Waals surface area (Å²) in [4.78, 5) is 22.3. The third kappa shape index (κ3) is 3.21. The van der Waals surface area contributed by atoms with E-state index in [0.717, 1.165) is 41.3 Å². The molecule has 0 saturated carbocycles. The van der Waals surface area contributed by atoms with Crippen molar-refractivity contribution in [1.29, 1.82) is 0 Å². The monoisotopic (exact) mass is 336 g/mol. The zero-order chi connectivity index (χ0) is 17.4. The fraction of sp³-hybridized carbons (Fsp3) is 0.263. The number of aromatic amines is 1. The van der Waals surface area contributed by atoms with Crippen LogP contribution in [0.1, 0.15) is 22.8 Å². The van der Waals surface area contributed by atoms with Gasteiger partial charge in [0.25, 0.3) is 5.56 Å². The first-order chi connectivity index (χ1) is 12.1. The Labute approximate surface area is 145 Å². The first-order valence-corrected chi connectivity index (χ1v) is 8.34. The van der Waals surface area contributed by atoms with E-state index in [9.17, 15) is 4.79 Å². The predicted octanol–water partition coefficient (Wildman–Crippen LogP) is 2.48. The molecule has 25 heavy (non-hydrogen) atoms. The second-order valence-electron chi connectivity index (χ2n) is 6.43. The van der Waals surface area contributed by atoms with Gasteiger partial charge >= 0.3 is 0 Å². The number of anilines is 1. The van der Waals surface area contributed by atoms with E-state index in [-0.39, 0.29) is 5.56 Å². The third-order valence-electron chi connectivity index (χ3n) is 4.51. The van der Waals surface area contributed by atoms with Crippen molar-refractivity contribution in [3.05, 3.63) is 69.5 Å². The minimum atomic E-state index is -0.0721. The Morgan fingerprint density at radius 3 is 2.76 bits per heavy atom. The molecule has 0 spiro atoms. The van der Waals surface area contributed by atoms with E-state index in [1.54, 1.807) is 0 Å². The molecule has 0 unspecified atom stereocenters. The lowest BCUT2D eigenvalue weighted by Crippen LogP contribution is -2.35. The van der Waals surface area contributed by atoms with Crippen molar-refractivity contribution < 1.29 is 4.42 Å². The van der Waals surface area contributed by atoms with Gasteiger partial charge in [-0.15, -0.1) is 0 Å². The summed E-state index contributed by atoms with van der Waals surface area (Å²) < 4.78 is 5.64. The fourth-order valence-electron chi connectivity index (χ4n) is 3.18. The van der Waals surface area contributed by atoms with Crippen molar-refractivity contribution in [2.45, 2.75) is 26.4 Å². The highest BCUT2D eigenvalue weighted by Gasteiger charge is 2.22. The summed E-state index contributed by atoms with van der Waals surface area (Å²) in [6.07, 6.45) is 0.751. The molecule has 6 nitrogen and oxygen atoms in total. The molecule has 0 fully saturated rings. The lowest BCUT2D eigenvalue weighted by molar-refractivity contribution is 0.221. The number of hydrogen-bond acceptors (Lipinski definition) is 5. The lowest BCUT2D eigenvalue weighted by atomic mass is 10.1. The van der Waals surface area contributed by atoms with Crippen molar-refractivity contribution >= 4 is 5.69 Å². The number of hydrogen-bond donors (Lipinski definition) is 2. The summed E-state index contributed by atoms with van der Waals surface area (Å²) in [5.74, 6) is 2.42. The number of aromatic nitrogens is 2. The van der Waals surface area contributed by atoms with Crippen LogP contribution in [0, 0.1) is 6.92 Å². The van der Waals surface area contributed by atoms with E-state index in [4.69, 9.17) is 10.2 Å². The van der Waals surface area contributed by atoms with Gasteiger partial charge in [0.05, 0.1) is 17.8 Å². The molecule has 128 valence electrons. The Morgan fingerprint density at radius 2 is 2.04 bits per heavy atom. The maximum Gasteiger partial charge on any atom is 0.255 e. The van der Waals surface area contributed by atoms with Gasteiger partial charge in [0.15, 0.2) is 0 Å². The zero-order valence-corrected chi connectivity index (χ0v) is 14.1. The number of H-pyrrole nitrogens is 1. The summed E-state index contributed by atoms with van der Waals surface area (Å²) in [7, 11) is 0. The molecule has 3 aromatic rings. The van der Waals surface area contributed by atoms with E-state index in [0.29, 0.717) is 24.6 Å². The topological polar surface area (TPSA) is 88.2 Å². The molecule has 1 aromatic carbocycles. The smallest absolute Gasteiger partial charge is 0.255 e. The molecule has 0 radical (unpaired) electrons. The average molecular weight is 336 g/mol. The Morgan fingerprint density at radius 1 is 1.24 bits per heavy atom. The quantitative estimate of drug-likeness (QED) is 0.717. The normalized spacial score (nSPS) is 14.4. The van der Waals surface area contributed by atoms with Gasteiger partial charge in [0.2, 0.25) is 0 Å². The van der Waals surface area contributed by atoms with E-state index >= 15 is 0 Å². The van der Waals surface area contributed by atoms with E-state index in [2.05, 4.69) is 14.9 Å². The summed E-state index contributed by atoms with van der Waals surface area (Å²) in [5, 5.41) is 0. The number of nitrogens with zero attached hydrogens (tertiary/aromatic N) is 2. The molecule has 0 aliphatic carbocycles. The van der Waals surface area contributed by atoms with Crippen molar-refractivity contribution in [2.75, 3.05) is 12.3 Å². The number of nitrogens with two attached hydrogens (primary N) is 1. The van der Waals surface area contributed by atoms with Crippen molar-refractivity contribution in [2.24, 2.45) is 0 Å². The van der Waals surface area contributed by atoms with E-state index in [1.807, 2.05) is 43.3 Å². The molecule has 3 heterocycles. The second kappa shape index (κ2) is 6.22. The number of rotatable bonds is 3. The highest BCUT2D eigenvalue weighted by molar-refractivity contribution is 5.58. The van der Waals surface area contributed by atoms with Crippen LogP contribution >= 0.6 is 0 Å². The third-order valence-corrected chi connectivity index (χ3v) is 4.51. The maximum absolute atomic E-state index is 12.6. The Bertz CT molecular complexity index is 956. The molecule has 0 atom stereocenters. The van der Waals surface area contributed by atoms with Crippen LogP contribution in [0.4, 0.5) is 5.69 Å². The SMILES string of the molecule is Cc1ccc(CN2CCc3nc(-c4ccc(N)cc4)[nH]c(=O)c3C2)o1. The second-order valence-corrected chi connectivity index (χ2v) is 6.43. The van der Waals surface area contributed by atoms with Crippen LogP contribution in [0.25, 0.3) is 11.4 Å². The molecule has 2 aromatic heterocycles. The Balaban J connectivity index is 1.59. The van der Waals surface area contributed by atoms with E-state index in [1.165, 1.54) is 0 Å². The fourth-order valence-corrected chi connectivity index (χ4v) is 3.18. The molecular formula is C19H20N4O2. The highest BCUT2D eigenvalue weighted by Crippen LogP contribution is 2.21. The van der Waals surface area contributed by atoms with Crippen LogP contribution in [0.15, 0.2) is 45.6 Å². The Kier molecular flexibility index (Phi) is 3.89. The van der Waals surface area contributed by atoms with Gasteiger partial charge in [0, 0.05) is 30.8 Å². The van der Waals surface area contributed by atoms with Crippen LogP contribution < -0.4 is 11.3 Å². The Hall–Kier alpha value is -2.86. The summed E-state index contributed by atoms with van der Waals surface area (Å²) in [5.41, 5.74) is 8.82. The summed E-state index contributed by atoms with van der Waals surface area (Å²) >= 11 is 0. The van der Waals surface area contributed by atoms with Gasteiger partial charge in [-0.05, 0) is 43.3 Å². The van der Waals surface area contributed by atoms with Crippen LogP contribution in [0.5, 0.6) is 0 Å². The van der Waals surface area contributed by atoms with Gasteiger partial charge in [-0.25, -0.2) is 4.98 Å². The number of fused-ring (bicyclic) bond motifs is 1. The van der Waals surface area contributed by atoms with Crippen molar-refractivity contribution in [3.63, 3.8) is 0 Å². The lowest BCUT2D eigenvalue weighted by Gasteiger charge is -2.26. The average Bonchev–Trinajstić information content (AvgIpc) is 3.01. The van der Waals surface area contributed by atoms with Crippen LogP contribution in [0.2, 0.25) is 0 Å². The first-order valence-electron chi connectivity index (χ1n) is 8.34. The van der Waals surface area contributed by atoms with Gasteiger partial charge in [-0.2, -0.15) is 0 Å². The molecule has 1 aliphatic heterocycles. The summed E-state index contributed by atoms with van der Waals surface area (Å²) in [6.45, 7) is 4.07. The number of nitrogens with one attached hydrogen (secondary N) is 1. The molecule has 4 rings (SSSR count). The predicted molar refractivity (Wildman–Crippen MR) is 96.0 cm³/mol. The van der Waals surface area contributed by atoms with E-state index < -0.39 is 0 Å². The number of benzene rings is 1. The van der Waals surface area contributed by atoms with Crippen molar-refractivity contribution in [3.8, 4) is 11.4 Å². The van der Waals surface area contributed by atoms with Gasteiger partial charge in [-0.3, -0.25) is 9.69 Å². The van der Waals surface area contributed by atoms with Crippen LogP contribution in [-0.4, -0.2) is 21.4 Å². The standard InChI is InChI=1S/C19H20N4O2/c1-12-2-7-15(25-12)10-23-9-8-17-16(11-23)19(24)22-18(21-17)13-3-5-14(20)6-4-13/h2-7H,8-11,20H2,1H3,(H,21,22,24). The molecule has 0 bridgehead atoms. The number of furan rings is 1. The minimum Gasteiger partial charge on any atom is -0.465 e. The molecule has 0 saturated heterocycles. The van der Waals surface area contributed by atoms with Gasteiger partial charge in [-0.1, -0.05) is 0 Å². The minimum absolute atomic E-state index is 0.0721. The molecule has 1 aliphatic rings. The largest absolute Gasteiger partial charge is 0.465 e. The van der Waals surface area contributed by atoms with Crippen molar-refractivity contribution in [1.82, 2.24) is 14.9 Å². The summed E-state index contributed by atoms with van der Waals surface area (Å²) in [6, 6.07) is 11.3. The highest BCUT2D eigenvalue weighted by atomic mass is 16.3. The number of aryl methyl sites for hydroxylation is 1. The van der Waals surface area contributed by atoms with Crippen LogP contribution in [0.3, 0.4) is 0 Å². The first kappa shape index (κ1) is 15.7. The zero-order valence-electron chi connectivity index (χ0n) is 14.1. The molecule has 6 heteroatoms. The van der Waals surface area contributed by atoms with Gasteiger partial charge < -0.3 is 15.1 Å². The molecule has 3 N–H and O–H groups in total. The maximum atomic E-state index is 12.6. The number of nitrogen functional groups attached to an aromatic ring is 1. The van der Waals surface area contributed by atoms with Crippen LogP contribution in [-0.2, 0) is 19.5 Å². The molecular weight excluding hydrogens is 316 g/mol. The molecule has 0 amide bonds.